The summed E-state index contributed by atoms with van der Waals surface area (Å²) in [6, 6.07) is 3.72. The van der Waals surface area contributed by atoms with Crippen molar-refractivity contribution in [1.29, 1.82) is 0 Å². The molecule has 2 aromatic rings. The van der Waals surface area contributed by atoms with Crippen LogP contribution in [0.5, 0.6) is 5.75 Å². The molecule has 0 unspecified atom stereocenters. The molecule has 0 saturated carbocycles. The van der Waals surface area contributed by atoms with Gasteiger partial charge in [-0.3, -0.25) is 0 Å². The first-order chi connectivity index (χ1) is 6.77. The zero-order valence-corrected chi connectivity index (χ0v) is 8.95. The highest BCUT2D eigenvalue weighted by Crippen LogP contribution is 2.32. The third kappa shape index (κ3) is 1.28. The van der Waals surface area contributed by atoms with Gasteiger partial charge in [0.2, 0.25) is 0 Å². The number of benzene rings is 1. The van der Waals surface area contributed by atoms with Crippen molar-refractivity contribution in [3.05, 3.63) is 28.9 Å². The first kappa shape index (κ1) is 9.46. The van der Waals surface area contributed by atoms with Crippen LogP contribution in [0.4, 0.5) is 4.39 Å². The molecule has 0 aliphatic heterocycles. The van der Waals surface area contributed by atoms with Gasteiger partial charge in [-0.15, -0.1) is 11.3 Å². The lowest BCUT2D eigenvalue weighted by Crippen LogP contribution is -1.94. The van der Waals surface area contributed by atoms with Gasteiger partial charge in [0.25, 0.3) is 0 Å². The molecule has 3 heteroatoms. The number of ether oxygens (including phenoxy) is 1. The Labute approximate surface area is 86.1 Å². The van der Waals surface area contributed by atoms with E-state index in [1.165, 1.54) is 11.3 Å². The fourth-order valence-electron chi connectivity index (χ4n) is 1.60. The first-order valence-electron chi connectivity index (χ1n) is 4.50. The molecule has 0 saturated heterocycles. The minimum absolute atomic E-state index is 0.136. The number of thiophene rings is 1. The molecular formula is C11H11FOS. The van der Waals surface area contributed by atoms with E-state index in [0.717, 1.165) is 4.70 Å². The molecule has 1 aromatic carbocycles. The van der Waals surface area contributed by atoms with Gasteiger partial charge in [0.1, 0.15) is 11.6 Å². The molecule has 0 fully saturated rings. The van der Waals surface area contributed by atoms with Gasteiger partial charge in [-0.05, 0) is 23.9 Å². The van der Waals surface area contributed by atoms with Crippen molar-refractivity contribution in [3.63, 3.8) is 0 Å². The highest BCUT2D eigenvalue weighted by molar-refractivity contribution is 7.17. The van der Waals surface area contributed by atoms with Gasteiger partial charge in [0.15, 0.2) is 0 Å². The molecule has 0 aliphatic carbocycles. The number of hydrogen-bond donors (Lipinski definition) is 0. The summed E-state index contributed by atoms with van der Waals surface area (Å²) in [5.41, 5.74) is 0.665. The Balaban J connectivity index is 2.79. The van der Waals surface area contributed by atoms with Gasteiger partial charge >= 0.3 is 0 Å². The normalized spacial score (nSPS) is 10.8. The summed E-state index contributed by atoms with van der Waals surface area (Å²) in [4.78, 5) is 0. The van der Waals surface area contributed by atoms with Crippen LogP contribution in [-0.4, -0.2) is 7.11 Å². The molecule has 0 aliphatic rings. The van der Waals surface area contributed by atoms with Crippen LogP contribution in [0, 0.1) is 5.82 Å². The van der Waals surface area contributed by atoms with E-state index in [9.17, 15) is 4.39 Å². The number of fused-ring (bicyclic) bond motifs is 1. The molecule has 0 radical (unpaired) electrons. The zero-order chi connectivity index (χ0) is 10.1. The third-order valence-electron chi connectivity index (χ3n) is 2.33. The van der Waals surface area contributed by atoms with E-state index in [1.807, 2.05) is 24.4 Å². The molecule has 1 aromatic heterocycles. The average Bonchev–Trinajstić information content (AvgIpc) is 2.65. The van der Waals surface area contributed by atoms with Crippen LogP contribution in [0.2, 0.25) is 0 Å². The summed E-state index contributed by atoms with van der Waals surface area (Å²) in [6.45, 7) is 1.93. The number of halogens is 1. The van der Waals surface area contributed by atoms with Crippen LogP contribution in [0.15, 0.2) is 17.5 Å². The lowest BCUT2D eigenvalue weighted by molar-refractivity contribution is 0.406. The zero-order valence-electron chi connectivity index (χ0n) is 8.13. The third-order valence-corrected chi connectivity index (χ3v) is 3.19. The molecule has 0 amide bonds. The Morgan fingerprint density at radius 3 is 2.93 bits per heavy atom. The quantitative estimate of drug-likeness (QED) is 0.735. The van der Waals surface area contributed by atoms with Crippen molar-refractivity contribution >= 4 is 21.4 Å². The van der Waals surface area contributed by atoms with Crippen LogP contribution < -0.4 is 4.74 Å². The fraction of sp³-hybridized carbons (Fsp3) is 0.273. The summed E-state index contributed by atoms with van der Waals surface area (Å²) < 4.78 is 20.0. The Hall–Kier alpha value is -1.09. The van der Waals surface area contributed by atoms with Crippen LogP contribution in [0.25, 0.3) is 10.1 Å². The van der Waals surface area contributed by atoms with Gasteiger partial charge < -0.3 is 4.74 Å². The molecule has 1 nitrogen and oxygen atoms in total. The highest BCUT2D eigenvalue weighted by Gasteiger charge is 2.12. The van der Waals surface area contributed by atoms with E-state index < -0.39 is 0 Å². The lowest BCUT2D eigenvalue weighted by Gasteiger charge is -2.08. The summed E-state index contributed by atoms with van der Waals surface area (Å²) in [5.74, 6) is 0.517. The van der Waals surface area contributed by atoms with Crippen LogP contribution in [0.3, 0.4) is 0 Å². The van der Waals surface area contributed by atoms with E-state index in [-0.39, 0.29) is 5.82 Å². The van der Waals surface area contributed by atoms with Gasteiger partial charge in [-0.25, -0.2) is 4.39 Å². The molecule has 1 heterocycles. The SMILES string of the molecule is CCc1c(OC)cc2sccc2c1F. The van der Waals surface area contributed by atoms with E-state index in [4.69, 9.17) is 4.74 Å². The van der Waals surface area contributed by atoms with Crippen molar-refractivity contribution in [1.82, 2.24) is 0 Å². The van der Waals surface area contributed by atoms with Gasteiger partial charge in [-0.2, -0.15) is 0 Å². The molecule has 2 rings (SSSR count). The standard InChI is InChI=1S/C11H11FOS/c1-3-7-9(13-2)6-10-8(11(7)12)4-5-14-10/h4-6H,3H2,1-2H3. The summed E-state index contributed by atoms with van der Waals surface area (Å²) >= 11 is 1.53. The highest BCUT2D eigenvalue weighted by atomic mass is 32.1. The second-order valence-electron chi connectivity index (χ2n) is 3.06. The predicted molar refractivity (Wildman–Crippen MR) is 57.7 cm³/mol. The Kier molecular flexibility index (Phi) is 2.42. The fourth-order valence-corrected chi connectivity index (χ4v) is 2.41. The topological polar surface area (TPSA) is 9.23 Å². The lowest BCUT2D eigenvalue weighted by atomic mass is 10.1. The van der Waals surface area contributed by atoms with Crippen LogP contribution >= 0.6 is 11.3 Å². The minimum atomic E-state index is -0.136. The first-order valence-corrected chi connectivity index (χ1v) is 5.38. The number of hydrogen-bond acceptors (Lipinski definition) is 2. The van der Waals surface area contributed by atoms with Crippen LogP contribution in [0.1, 0.15) is 12.5 Å². The van der Waals surface area contributed by atoms with Crippen molar-refractivity contribution in [3.8, 4) is 5.75 Å². The number of methoxy groups -OCH3 is 1. The molecule has 0 N–H and O–H groups in total. The Morgan fingerprint density at radius 1 is 1.50 bits per heavy atom. The maximum Gasteiger partial charge on any atom is 0.138 e. The van der Waals surface area contributed by atoms with Crippen molar-refractivity contribution < 1.29 is 9.13 Å². The second kappa shape index (κ2) is 3.58. The minimum Gasteiger partial charge on any atom is -0.496 e. The monoisotopic (exact) mass is 210 g/mol. The maximum atomic E-state index is 13.9. The number of rotatable bonds is 2. The molecular weight excluding hydrogens is 199 g/mol. The van der Waals surface area contributed by atoms with E-state index in [0.29, 0.717) is 23.1 Å². The summed E-state index contributed by atoms with van der Waals surface area (Å²) in [7, 11) is 1.58. The Morgan fingerprint density at radius 2 is 2.29 bits per heavy atom. The maximum absolute atomic E-state index is 13.9. The summed E-state index contributed by atoms with van der Waals surface area (Å²) in [6.07, 6.45) is 0.654. The van der Waals surface area contributed by atoms with Gasteiger partial charge in [-0.1, -0.05) is 6.92 Å². The van der Waals surface area contributed by atoms with Crippen molar-refractivity contribution in [2.75, 3.05) is 7.11 Å². The van der Waals surface area contributed by atoms with E-state index in [1.54, 1.807) is 7.11 Å². The van der Waals surface area contributed by atoms with Crippen molar-refractivity contribution in [2.45, 2.75) is 13.3 Å². The molecule has 0 bridgehead atoms. The van der Waals surface area contributed by atoms with Gasteiger partial charge in [0.05, 0.1) is 7.11 Å². The van der Waals surface area contributed by atoms with Gasteiger partial charge in [0, 0.05) is 15.6 Å². The van der Waals surface area contributed by atoms with E-state index >= 15 is 0 Å². The second-order valence-corrected chi connectivity index (χ2v) is 4.01. The molecule has 0 spiro atoms. The molecule has 74 valence electrons. The van der Waals surface area contributed by atoms with E-state index in [2.05, 4.69) is 0 Å². The predicted octanol–water partition coefficient (Wildman–Crippen LogP) is 3.61. The Bertz CT molecular complexity index is 462. The van der Waals surface area contributed by atoms with Crippen LogP contribution in [-0.2, 0) is 6.42 Å². The summed E-state index contributed by atoms with van der Waals surface area (Å²) in [5, 5.41) is 2.60. The van der Waals surface area contributed by atoms with Crippen molar-refractivity contribution in [2.24, 2.45) is 0 Å². The smallest absolute Gasteiger partial charge is 0.138 e. The largest absolute Gasteiger partial charge is 0.496 e. The molecule has 14 heavy (non-hydrogen) atoms. The average molecular weight is 210 g/mol. The molecule has 0 atom stereocenters.